The highest BCUT2D eigenvalue weighted by atomic mass is 16.5. The molecule has 63 heavy (non-hydrogen) atoms. The van der Waals surface area contributed by atoms with Crippen LogP contribution in [0.5, 0.6) is 11.5 Å². The van der Waals surface area contributed by atoms with Crippen LogP contribution in [0.2, 0.25) is 0 Å². The zero-order valence-corrected chi connectivity index (χ0v) is 35.6. The van der Waals surface area contributed by atoms with Gasteiger partial charge in [-0.05, 0) is 77.1 Å². The number of anilines is 2. The van der Waals surface area contributed by atoms with Crippen molar-refractivity contribution < 1.29 is 38.0 Å². The molecule has 4 aromatic heterocycles. The average Bonchev–Trinajstić information content (AvgIpc) is 3.72. The third-order valence-corrected chi connectivity index (χ3v) is 11.9. The summed E-state index contributed by atoms with van der Waals surface area (Å²) in [7, 11) is 1.62. The molecule has 18 nitrogen and oxygen atoms in total. The number of piperidine rings is 1. The van der Waals surface area contributed by atoms with Gasteiger partial charge in [0.2, 0.25) is 17.6 Å². The molecule has 1 atom stereocenters. The molecular weight excluding hydrogens is 809 g/mol. The van der Waals surface area contributed by atoms with Crippen molar-refractivity contribution in [3.63, 3.8) is 0 Å². The Labute approximate surface area is 361 Å². The van der Waals surface area contributed by atoms with Gasteiger partial charge in [0.05, 0.1) is 47.2 Å². The number of hydrogen-bond acceptors (Lipinski definition) is 13. The molecule has 0 spiro atoms. The molecule has 2 aliphatic heterocycles. The molecule has 326 valence electrons. The lowest BCUT2D eigenvalue weighted by molar-refractivity contribution is -0.136. The first-order valence-electron chi connectivity index (χ1n) is 21.5. The molecule has 1 aliphatic carbocycles. The lowest BCUT2D eigenvalue weighted by Gasteiger charge is -2.27. The summed E-state index contributed by atoms with van der Waals surface area (Å²) in [5.74, 6) is 0.636. The first-order chi connectivity index (χ1) is 30.5. The predicted molar refractivity (Wildman–Crippen MR) is 230 cm³/mol. The number of methoxy groups -OCH3 is 1. The summed E-state index contributed by atoms with van der Waals surface area (Å²) in [5, 5.41) is 19.2. The Morgan fingerprint density at radius 2 is 1.75 bits per heavy atom. The van der Waals surface area contributed by atoms with Crippen LogP contribution in [0.4, 0.5) is 11.6 Å². The van der Waals surface area contributed by atoms with Gasteiger partial charge in [-0.25, -0.2) is 14.6 Å². The van der Waals surface area contributed by atoms with Gasteiger partial charge in [-0.2, -0.15) is 5.10 Å². The summed E-state index contributed by atoms with van der Waals surface area (Å²) >= 11 is 0. The minimum atomic E-state index is -1.04. The van der Waals surface area contributed by atoms with Crippen LogP contribution in [0, 0.1) is 13.8 Å². The van der Waals surface area contributed by atoms with E-state index in [0.29, 0.717) is 60.4 Å². The number of carbonyl (C=O) groups is 5. The van der Waals surface area contributed by atoms with Crippen LogP contribution in [0.1, 0.15) is 119 Å². The molecule has 1 unspecified atom stereocenters. The lowest BCUT2D eigenvalue weighted by atomic mass is 10.0. The number of imide groups is 2. The van der Waals surface area contributed by atoms with Crippen molar-refractivity contribution in [1.82, 2.24) is 45.4 Å². The highest BCUT2D eigenvalue weighted by Crippen LogP contribution is 2.43. The Kier molecular flexibility index (Phi) is 11.1. The Bertz CT molecular complexity index is 2800. The number of fused-ring (bicyclic) bond motifs is 4. The minimum absolute atomic E-state index is 0.0180. The number of nitrogens with zero attached hydrogens (tertiary/aromatic N) is 6. The first-order valence-corrected chi connectivity index (χ1v) is 21.5. The number of rotatable bonds is 17. The second kappa shape index (κ2) is 17.0. The van der Waals surface area contributed by atoms with Gasteiger partial charge in [-0.1, -0.05) is 30.5 Å². The highest BCUT2D eigenvalue weighted by molar-refractivity contribution is 6.24. The van der Waals surface area contributed by atoms with E-state index >= 15 is 0 Å². The number of benzene rings is 2. The molecule has 0 bridgehead atoms. The summed E-state index contributed by atoms with van der Waals surface area (Å²) in [4.78, 5) is 78.1. The summed E-state index contributed by atoms with van der Waals surface area (Å²) in [5.41, 5.74) is 5.01. The Morgan fingerprint density at radius 3 is 2.49 bits per heavy atom. The van der Waals surface area contributed by atoms with Crippen molar-refractivity contribution in [3.05, 3.63) is 70.5 Å². The number of carbonyl (C=O) groups excluding carboxylic acids is 5. The van der Waals surface area contributed by atoms with Crippen molar-refractivity contribution in [2.24, 2.45) is 0 Å². The number of aromatic nitrogens is 6. The number of aromatic amines is 1. The molecule has 2 fully saturated rings. The van der Waals surface area contributed by atoms with Gasteiger partial charge in [-0.3, -0.25) is 34.2 Å². The van der Waals surface area contributed by atoms with Crippen LogP contribution in [0.25, 0.3) is 33.1 Å². The van der Waals surface area contributed by atoms with Crippen LogP contribution in [0.3, 0.4) is 0 Å². The van der Waals surface area contributed by atoms with Gasteiger partial charge in [0, 0.05) is 48.0 Å². The van der Waals surface area contributed by atoms with Crippen molar-refractivity contribution in [2.75, 3.05) is 25.6 Å². The maximum Gasteiger partial charge on any atom is 0.289 e. The van der Waals surface area contributed by atoms with E-state index in [4.69, 9.17) is 29.1 Å². The fourth-order valence-corrected chi connectivity index (χ4v) is 8.55. The van der Waals surface area contributed by atoms with Gasteiger partial charge in [0.25, 0.3) is 17.7 Å². The van der Waals surface area contributed by atoms with Crippen molar-refractivity contribution in [3.8, 4) is 22.6 Å². The molecule has 4 N–H and O–H groups in total. The Balaban J connectivity index is 0.836. The quantitative estimate of drug-likeness (QED) is 0.0577. The van der Waals surface area contributed by atoms with Crippen LogP contribution < -0.4 is 25.4 Å². The van der Waals surface area contributed by atoms with E-state index < -0.39 is 35.6 Å². The molecule has 6 heterocycles. The van der Waals surface area contributed by atoms with Gasteiger partial charge in [0.1, 0.15) is 40.6 Å². The number of nitrogens with one attached hydrogen (secondary N) is 4. The predicted octanol–water partition coefficient (Wildman–Crippen LogP) is 6.39. The lowest BCUT2D eigenvalue weighted by Crippen LogP contribution is -2.54. The molecule has 2 aromatic carbocycles. The number of amides is 5. The number of unbranched alkanes of at least 4 members (excludes halogenated alkanes) is 4. The zero-order chi connectivity index (χ0) is 43.9. The number of H-pyrrole nitrogens is 1. The Hall–Kier alpha value is -7.11. The third kappa shape index (κ3) is 7.85. The van der Waals surface area contributed by atoms with Crippen LogP contribution >= 0.6 is 0 Å². The second-order valence-corrected chi connectivity index (χ2v) is 16.2. The molecule has 5 amide bonds. The third-order valence-electron chi connectivity index (χ3n) is 11.9. The van der Waals surface area contributed by atoms with E-state index in [1.165, 1.54) is 0 Å². The van der Waals surface area contributed by atoms with Crippen molar-refractivity contribution >= 4 is 63.1 Å². The van der Waals surface area contributed by atoms with Crippen molar-refractivity contribution in [1.29, 1.82) is 0 Å². The van der Waals surface area contributed by atoms with Crippen LogP contribution in [-0.4, -0.2) is 90.6 Å². The summed E-state index contributed by atoms with van der Waals surface area (Å²) in [6, 6.07) is 9.76. The van der Waals surface area contributed by atoms with E-state index in [0.717, 1.165) is 82.7 Å². The maximum atomic E-state index is 13.7. The van der Waals surface area contributed by atoms with Gasteiger partial charge >= 0.3 is 0 Å². The normalized spacial score (nSPS) is 16.3. The summed E-state index contributed by atoms with van der Waals surface area (Å²) < 4.78 is 19.2. The highest BCUT2D eigenvalue weighted by Gasteiger charge is 2.46. The molecule has 1 saturated heterocycles. The van der Waals surface area contributed by atoms with Crippen LogP contribution in [-0.2, 0) is 16.1 Å². The van der Waals surface area contributed by atoms with Gasteiger partial charge in [0.15, 0.2) is 0 Å². The SMILES string of the molecule is CCn1nc(C2CC2)cc1Nc1nc(C(=O)NCCCCCCCOc2cccc3c2C(=O)N(C2CCC(=O)NC2=O)C3=O)nc2[nH]c3cc(-c4c(C)noc4C)c(OC)cc3c12. The van der Waals surface area contributed by atoms with Gasteiger partial charge in [-0.15, -0.1) is 0 Å². The monoisotopic (exact) mass is 856 g/mol. The fraction of sp³-hybridized carbons (Fsp3) is 0.400. The molecule has 6 aromatic rings. The Morgan fingerprint density at radius 1 is 0.937 bits per heavy atom. The smallest absolute Gasteiger partial charge is 0.289 e. The van der Waals surface area contributed by atoms with Gasteiger partial charge < -0.3 is 29.6 Å². The molecule has 1 saturated carbocycles. The summed E-state index contributed by atoms with van der Waals surface area (Å²) in [6.07, 6.45) is 6.37. The van der Waals surface area contributed by atoms with E-state index in [2.05, 4.69) is 32.2 Å². The molecular formula is C45H48N10O8. The minimum Gasteiger partial charge on any atom is -0.496 e. The number of hydrogen-bond donors (Lipinski definition) is 4. The van der Waals surface area contributed by atoms with Crippen molar-refractivity contribution in [2.45, 2.75) is 97.1 Å². The topological polar surface area (TPSA) is 229 Å². The average molecular weight is 857 g/mol. The fourth-order valence-electron chi connectivity index (χ4n) is 8.55. The molecule has 9 rings (SSSR count). The molecule has 3 aliphatic rings. The molecule has 0 radical (unpaired) electrons. The first kappa shape index (κ1) is 41.3. The van der Waals surface area contributed by atoms with E-state index in [1.54, 1.807) is 25.3 Å². The maximum absolute atomic E-state index is 13.7. The van der Waals surface area contributed by atoms with Crippen LogP contribution in [0.15, 0.2) is 40.9 Å². The van der Waals surface area contributed by atoms with E-state index in [1.807, 2.05) is 37.6 Å². The van der Waals surface area contributed by atoms with E-state index in [9.17, 15) is 24.0 Å². The standard InChI is InChI=1S/C45H48N10O8/c1-5-54-34(22-29(52-54)25-14-15-25)48-40-38-27-21-33(61-4)28(36-23(2)53-63-24(36)3)20-30(27)47-39(38)50-41(51-40)43(58)46-18-9-7-6-8-10-19-62-32-13-11-12-26-37(32)45(60)55(44(26)59)31-16-17-35(56)49-42(31)57/h11-13,20-22,25,31H,5-10,14-19H2,1-4H3,(H,46,58)(H,49,56,57)(H2,47,48,50,51). The van der Waals surface area contributed by atoms with E-state index in [-0.39, 0.29) is 35.5 Å². The molecule has 18 heteroatoms. The number of ether oxygens (including phenoxy) is 2. The zero-order valence-electron chi connectivity index (χ0n) is 35.6. The second-order valence-electron chi connectivity index (χ2n) is 16.2. The largest absolute Gasteiger partial charge is 0.496 e. The number of aryl methyl sites for hydroxylation is 3. The summed E-state index contributed by atoms with van der Waals surface area (Å²) in [6.45, 7) is 7.18.